The Morgan fingerprint density at radius 1 is 1.12 bits per heavy atom. The van der Waals surface area contributed by atoms with Crippen LogP contribution < -0.4 is 4.90 Å². The van der Waals surface area contributed by atoms with Crippen LogP contribution in [0.2, 0.25) is 0 Å². The summed E-state index contributed by atoms with van der Waals surface area (Å²) in [5, 5.41) is 0. The predicted octanol–water partition coefficient (Wildman–Crippen LogP) is 3.06. The van der Waals surface area contributed by atoms with Crippen LogP contribution in [0, 0.1) is 6.92 Å². The molecule has 3 heterocycles. The van der Waals surface area contributed by atoms with Crippen molar-refractivity contribution in [1.29, 1.82) is 0 Å². The molecule has 1 aromatic carbocycles. The fraction of sp³-hybridized carbons (Fsp3) is 0.381. The number of hydrogen-bond acceptors (Lipinski definition) is 7. The van der Waals surface area contributed by atoms with E-state index in [1.165, 1.54) is 12.1 Å². The van der Waals surface area contributed by atoms with E-state index < -0.39 is 21.6 Å². The number of oxazole rings is 1. The minimum absolute atomic E-state index is 0.00611. The Morgan fingerprint density at radius 2 is 1.85 bits per heavy atom. The summed E-state index contributed by atoms with van der Waals surface area (Å²) in [5.41, 5.74) is -0.203. The number of pyridine rings is 1. The van der Waals surface area contributed by atoms with Gasteiger partial charge in [0, 0.05) is 45.7 Å². The van der Waals surface area contributed by atoms with Crippen LogP contribution >= 0.6 is 0 Å². The van der Waals surface area contributed by atoms with Gasteiger partial charge in [-0.25, -0.2) is 18.4 Å². The van der Waals surface area contributed by atoms with Crippen LogP contribution in [0.4, 0.5) is 19.0 Å². The summed E-state index contributed by atoms with van der Waals surface area (Å²) >= 11 is 0. The van der Waals surface area contributed by atoms with Crippen LogP contribution in [0.5, 0.6) is 0 Å². The number of aryl methyl sites for hydroxylation is 1. The maximum atomic E-state index is 12.8. The second kappa shape index (κ2) is 8.65. The lowest BCUT2D eigenvalue weighted by atomic mass is 10.2. The molecule has 1 fully saturated rings. The quantitative estimate of drug-likeness (QED) is 0.551. The van der Waals surface area contributed by atoms with E-state index in [2.05, 4.69) is 9.97 Å². The van der Waals surface area contributed by atoms with Gasteiger partial charge in [0.15, 0.2) is 21.3 Å². The van der Waals surface area contributed by atoms with Crippen LogP contribution in [0.25, 0.3) is 11.1 Å². The van der Waals surface area contributed by atoms with Crippen LogP contribution in [0.3, 0.4) is 0 Å². The molecule has 0 atom stereocenters. The highest BCUT2D eigenvalue weighted by atomic mass is 32.2. The Kier molecular flexibility index (Phi) is 6.04. The zero-order valence-corrected chi connectivity index (χ0v) is 18.5. The molecule has 0 saturated carbocycles. The van der Waals surface area contributed by atoms with Crippen molar-refractivity contribution in [3.05, 3.63) is 48.0 Å². The van der Waals surface area contributed by atoms with E-state index in [1.54, 1.807) is 28.9 Å². The molecule has 1 aliphatic rings. The first-order valence-electron chi connectivity index (χ1n) is 10.2. The number of aromatic nitrogens is 2. The van der Waals surface area contributed by atoms with E-state index in [9.17, 15) is 26.4 Å². The van der Waals surface area contributed by atoms with Crippen LogP contribution in [0.1, 0.15) is 17.9 Å². The summed E-state index contributed by atoms with van der Waals surface area (Å²) < 4.78 is 69.2. The molecule has 0 N–H and O–H groups in total. The number of para-hydroxylation sites is 1. The first-order chi connectivity index (χ1) is 15.5. The number of rotatable bonds is 5. The lowest BCUT2D eigenvalue weighted by molar-refractivity contribution is -0.137. The molecule has 2 aromatic heterocycles. The average Bonchev–Trinajstić information content (AvgIpc) is 3.17. The molecule has 3 aromatic rings. The van der Waals surface area contributed by atoms with Crippen molar-refractivity contribution in [3.8, 4) is 0 Å². The van der Waals surface area contributed by atoms with Gasteiger partial charge in [-0.1, -0.05) is 6.07 Å². The Bertz CT molecular complexity index is 1260. The number of piperazine rings is 1. The summed E-state index contributed by atoms with van der Waals surface area (Å²) in [6.45, 7) is 3.03. The van der Waals surface area contributed by atoms with E-state index in [4.69, 9.17) is 4.42 Å². The van der Waals surface area contributed by atoms with Crippen molar-refractivity contribution < 1.29 is 30.8 Å². The third kappa shape index (κ3) is 4.95. The summed E-state index contributed by atoms with van der Waals surface area (Å²) in [6, 6.07) is 6.94. The fourth-order valence-corrected chi connectivity index (χ4v) is 5.07. The molecule has 12 heteroatoms. The standard InChI is InChI=1S/C21H21F3N4O4S/c1-14-26-16-3-2-4-17(20(16)32-14)33(30,31)12-7-19(29)28-10-8-27(9-11-28)18-6-5-15(13-25-18)21(22,23)24/h2-6,13H,7-12H2,1H3. The number of sulfone groups is 1. The van der Waals surface area contributed by atoms with Crippen molar-refractivity contribution in [2.45, 2.75) is 24.4 Å². The van der Waals surface area contributed by atoms with Crippen LogP contribution in [-0.4, -0.2) is 61.1 Å². The number of alkyl halides is 3. The van der Waals surface area contributed by atoms with E-state index >= 15 is 0 Å². The first-order valence-corrected chi connectivity index (χ1v) is 11.8. The topological polar surface area (TPSA) is 96.6 Å². The maximum absolute atomic E-state index is 12.8. The van der Waals surface area contributed by atoms with Gasteiger partial charge in [-0.3, -0.25) is 4.79 Å². The largest absolute Gasteiger partial charge is 0.440 e. The maximum Gasteiger partial charge on any atom is 0.417 e. The predicted molar refractivity (Wildman–Crippen MR) is 113 cm³/mol. The molecular formula is C21H21F3N4O4S. The van der Waals surface area contributed by atoms with Gasteiger partial charge in [0.2, 0.25) is 5.91 Å². The molecule has 1 aliphatic heterocycles. The first kappa shape index (κ1) is 23.0. The molecule has 33 heavy (non-hydrogen) atoms. The normalized spacial score (nSPS) is 15.3. The fourth-order valence-electron chi connectivity index (χ4n) is 3.70. The SMILES string of the molecule is Cc1nc2cccc(S(=O)(=O)CCC(=O)N3CCN(c4ccc(C(F)(F)F)cn4)CC3)c2o1. The number of nitrogens with zero attached hydrogens (tertiary/aromatic N) is 4. The van der Waals surface area contributed by atoms with Gasteiger partial charge in [-0.15, -0.1) is 0 Å². The molecule has 4 rings (SSSR count). The molecule has 0 radical (unpaired) electrons. The van der Waals surface area contributed by atoms with Crippen LogP contribution in [-0.2, 0) is 20.8 Å². The molecule has 0 bridgehead atoms. The van der Waals surface area contributed by atoms with Gasteiger partial charge in [0.25, 0.3) is 0 Å². The molecule has 0 spiro atoms. The molecule has 0 unspecified atom stereocenters. The van der Waals surface area contributed by atoms with Gasteiger partial charge in [0.05, 0.1) is 11.3 Å². The lowest BCUT2D eigenvalue weighted by Gasteiger charge is -2.35. The number of benzene rings is 1. The average molecular weight is 482 g/mol. The van der Waals surface area contributed by atoms with Gasteiger partial charge in [0.1, 0.15) is 16.2 Å². The van der Waals surface area contributed by atoms with E-state index in [0.717, 1.165) is 12.3 Å². The van der Waals surface area contributed by atoms with E-state index in [0.29, 0.717) is 43.4 Å². The number of carbonyl (C=O) groups excluding carboxylic acids is 1. The minimum Gasteiger partial charge on any atom is -0.440 e. The Labute approximate surface area is 187 Å². The molecule has 1 amide bonds. The monoisotopic (exact) mass is 482 g/mol. The highest BCUT2D eigenvalue weighted by Crippen LogP contribution is 2.29. The Balaban J connectivity index is 1.34. The smallest absolute Gasteiger partial charge is 0.417 e. The van der Waals surface area contributed by atoms with Gasteiger partial charge in [-0.2, -0.15) is 13.2 Å². The molecule has 8 nitrogen and oxygen atoms in total. The van der Waals surface area contributed by atoms with Gasteiger partial charge >= 0.3 is 6.18 Å². The Hall–Kier alpha value is -3.15. The summed E-state index contributed by atoms with van der Waals surface area (Å²) in [7, 11) is -3.77. The highest BCUT2D eigenvalue weighted by Gasteiger charge is 2.31. The van der Waals surface area contributed by atoms with Gasteiger partial charge in [-0.05, 0) is 24.3 Å². The minimum atomic E-state index is -4.45. The Morgan fingerprint density at radius 3 is 2.48 bits per heavy atom. The zero-order valence-electron chi connectivity index (χ0n) is 17.7. The summed E-state index contributed by atoms with van der Waals surface area (Å²) in [5.74, 6) is 0.0718. The number of hydrogen-bond donors (Lipinski definition) is 0. The molecule has 0 aliphatic carbocycles. The number of carbonyl (C=O) groups is 1. The van der Waals surface area contributed by atoms with E-state index in [-0.39, 0.29) is 28.6 Å². The van der Waals surface area contributed by atoms with Crippen LogP contribution in [0.15, 0.2) is 45.8 Å². The summed E-state index contributed by atoms with van der Waals surface area (Å²) in [6.07, 6.45) is -3.85. The van der Waals surface area contributed by atoms with Crippen molar-refractivity contribution in [1.82, 2.24) is 14.9 Å². The second-order valence-corrected chi connectivity index (χ2v) is 9.75. The van der Waals surface area contributed by atoms with Crippen molar-refractivity contribution in [3.63, 3.8) is 0 Å². The number of anilines is 1. The van der Waals surface area contributed by atoms with Gasteiger partial charge < -0.3 is 14.2 Å². The highest BCUT2D eigenvalue weighted by molar-refractivity contribution is 7.91. The van der Waals surface area contributed by atoms with E-state index in [1.807, 2.05) is 0 Å². The van der Waals surface area contributed by atoms with Crippen molar-refractivity contribution in [2.75, 3.05) is 36.8 Å². The summed E-state index contributed by atoms with van der Waals surface area (Å²) in [4.78, 5) is 24.0. The lowest BCUT2D eigenvalue weighted by Crippen LogP contribution is -2.49. The second-order valence-electron chi connectivity index (χ2n) is 7.68. The third-order valence-corrected chi connectivity index (χ3v) is 7.17. The number of halogens is 3. The van der Waals surface area contributed by atoms with Crippen molar-refractivity contribution in [2.24, 2.45) is 0 Å². The third-order valence-electron chi connectivity index (χ3n) is 5.44. The molecule has 176 valence electrons. The number of amides is 1. The van der Waals surface area contributed by atoms with Crippen molar-refractivity contribution >= 4 is 32.7 Å². The zero-order chi connectivity index (χ0) is 23.8. The molecular weight excluding hydrogens is 461 g/mol. The molecule has 1 saturated heterocycles. The number of fused-ring (bicyclic) bond motifs is 1.